The number of methoxy groups -OCH3 is 1. The van der Waals surface area contributed by atoms with E-state index in [1.165, 1.54) is 5.56 Å². The van der Waals surface area contributed by atoms with E-state index in [0.717, 1.165) is 17.3 Å². The first-order valence-corrected chi connectivity index (χ1v) is 8.97. The molecule has 0 bridgehead atoms. The Kier molecular flexibility index (Phi) is 7.13. The molecule has 0 aromatic heterocycles. The summed E-state index contributed by atoms with van der Waals surface area (Å²) in [6.45, 7) is 3.02. The van der Waals surface area contributed by atoms with Gasteiger partial charge in [-0.2, -0.15) is 0 Å². The third-order valence-corrected chi connectivity index (χ3v) is 4.18. The number of benzene rings is 2. The first-order chi connectivity index (χ1) is 12.0. The molecule has 0 aliphatic rings. The third-order valence-electron chi connectivity index (χ3n) is 3.65. The molecule has 0 fully saturated rings. The number of carbonyl (C=O) groups excluding carboxylic acids is 1. The van der Waals surface area contributed by atoms with Crippen LogP contribution in [-0.2, 0) is 11.2 Å². The van der Waals surface area contributed by atoms with Gasteiger partial charge in [0.1, 0.15) is 11.4 Å². The molecule has 0 atom stereocenters. The largest absolute Gasteiger partial charge is 0.494 e. The normalized spacial score (nSPS) is 10.4. The molecule has 2 aromatic carbocycles. The molecule has 0 saturated heterocycles. The molecule has 0 spiro atoms. The maximum atomic E-state index is 12.0. The minimum atomic E-state index is -0.395. The number of anilines is 2. The van der Waals surface area contributed by atoms with Crippen molar-refractivity contribution in [2.45, 2.75) is 19.8 Å². The topological polar surface area (TPSA) is 73.6 Å². The van der Waals surface area contributed by atoms with E-state index < -0.39 is 5.97 Å². The van der Waals surface area contributed by atoms with Crippen molar-refractivity contribution in [3.63, 3.8) is 0 Å². The van der Waals surface area contributed by atoms with Crippen molar-refractivity contribution >= 4 is 33.3 Å². The molecule has 0 aliphatic heterocycles. The molecule has 5 nitrogen and oxygen atoms in total. The molecule has 0 radical (unpaired) electrons. The van der Waals surface area contributed by atoms with Crippen LogP contribution in [0.15, 0.2) is 40.9 Å². The molecule has 0 aliphatic carbocycles. The van der Waals surface area contributed by atoms with E-state index in [4.69, 9.17) is 15.2 Å². The Morgan fingerprint density at radius 2 is 1.96 bits per heavy atom. The highest BCUT2D eigenvalue weighted by Crippen LogP contribution is 2.32. The summed E-state index contributed by atoms with van der Waals surface area (Å²) in [5.74, 6) is 0.132. The van der Waals surface area contributed by atoms with Gasteiger partial charge in [0.15, 0.2) is 0 Å². The lowest BCUT2D eigenvalue weighted by Gasteiger charge is -2.15. The molecule has 134 valence electrons. The summed E-state index contributed by atoms with van der Waals surface area (Å²) in [6.07, 6.45) is 1.62. The molecule has 2 aromatic rings. The second-order valence-corrected chi connectivity index (χ2v) is 6.50. The van der Waals surface area contributed by atoms with Crippen molar-refractivity contribution < 1.29 is 14.3 Å². The summed E-state index contributed by atoms with van der Waals surface area (Å²) in [7, 11) is 1.55. The van der Waals surface area contributed by atoms with Gasteiger partial charge in [0.05, 0.1) is 25.0 Å². The van der Waals surface area contributed by atoms with Crippen molar-refractivity contribution in [1.82, 2.24) is 0 Å². The standard InChI is InChI=1S/C19H23BrN2O3/c1-3-10-25-19(23)14-11-16(21)18(17(12-14)24-2)22-9-8-13-4-6-15(20)7-5-13/h4-7,11-12,22H,3,8-10,21H2,1-2H3. The fourth-order valence-electron chi connectivity index (χ4n) is 2.37. The predicted octanol–water partition coefficient (Wildman–Crippen LogP) is 4.26. The van der Waals surface area contributed by atoms with Crippen LogP contribution in [-0.4, -0.2) is 26.2 Å². The van der Waals surface area contributed by atoms with Crippen LogP contribution < -0.4 is 15.8 Å². The number of ether oxygens (including phenoxy) is 2. The fourth-order valence-corrected chi connectivity index (χ4v) is 2.63. The highest BCUT2D eigenvalue weighted by Gasteiger charge is 2.15. The van der Waals surface area contributed by atoms with E-state index >= 15 is 0 Å². The van der Waals surface area contributed by atoms with E-state index in [2.05, 4.69) is 33.4 Å². The number of hydrogen-bond acceptors (Lipinski definition) is 5. The van der Waals surface area contributed by atoms with Gasteiger partial charge in [0.25, 0.3) is 0 Å². The number of nitrogens with one attached hydrogen (secondary N) is 1. The number of nitrogens with two attached hydrogens (primary N) is 1. The second kappa shape index (κ2) is 9.32. The van der Waals surface area contributed by atoms with Gasteiger partial charge in [-0.1, -0.05) is 35.0 Å². The van der Waals surface area contributed by atoms with E-state index in [1.54, 1.807) is 19.2 Å². The lowest BCUT2D eigenvalue weighted by Crippen LogP contribution is -2.11. The van der Waals surface area contributed by atoms with Crippen LogP contribution in [0.3, 0.4) is 0 Å². The quantitative estimate of drug-likeness (QED) is 0.505. The van der Waals surface area contributed by atoms with Gasteiger partial charge in [-0.15, -0.1) is 0 Å². The Balaban J connectivity index is 2.06. The summed E-state index contributed by atoms with van der Waals surface area (Å²) in [6, 6.07) is 11.4. The molecular formula is C19H23BrN2O3. The van der Waals surface area contributed by atoms with Gasteiger partial charge in [0.2, 0.25) is 0 Å². The monoisotopic (exact) mass is 406 g/mol. The zero-order chi connectivity index (χ0) is 18.2. The van der Waals surface area contributed by atoms with Crippen molar-refractivity contribution in [3.8, 4) is 5.75 Å². The number of esters is 1. The molecule has 2 rings (SSSR count). The first-order valence-electron chi connectivity index (χ1n) is 8.18. The molecule has 0 saturated carbocycles. The Morgan fingerprint density at radius 1 is 1.24 bits per heavy atom. The van der Waals surface area contributed by atoms with E-state index in [1.807, 2.05) is 19.1 Å². The maximum Gasteiger partial charge on any atom is 0.338 e. The predicted molar refractivity (Wildman–Crippen MR) is 104 cm³/mol. The lowest BCUT2D eigenvalue weighted by molar-refractivity contribution is 0.0505. The van der Waals surface area contributed by atoms with Gasteiger partial charge < -0.3 is 20.5 Å². The third kappa shape index (κ3) is 5.39. The SMILES string of the molecule is CCCOC(=O)c1cc(N)c(NCCc2ccc(Br)cc2)c(OC)c1. The number of hydrogen-bond donors (Lipinski definition) is 2. The fraction of sp³-hybridized carbons (Fsp3) is 0.316. The molecule has 25 heavy (non-hydrogen) atoms. The number of nitrogen functional groups attached to an aromatic ring is 1. The minimum Gasteiger partial charge on any atom is -0.494 e. The Labute approximate surface area is 156 Å². The van der Waals surface area contributed by atoms with Crippen LogP contribution in [0, 0.1) is 0 Å². The number of rotatable bonds is 8. The van der Waals surface area contributed by atoms with Crippen LogP contribution >= 0.6 is 15.9 Å². The average molecular weight is 407 g/mol. The molecular weight excluding hydrogens is 384 g/mol. The number of carbonyl (C=O) groups is 1. The smallest absolute Gasteiger partial charge is 0.338 e. The first kappa shape index (κ1) is 19.1. The highest BCUT2D eigenvalue weighted by atomic mass is 79.9. The summed E-state index contributed by atoms with van der Waals surface area (Å²) < 4.78 is 11.6. The van der Waals surface area contributed by atoms with E-state index in [9.17, 15) is 4.79 Å². The average Bonchev–Trinajstić information content (AvgIpc) is 2.62. The molecule has 0 amide bonds. The van der Waals surface area contributed by atoms with Crippen LogP contribution in [0.4, 0.5) is 11.4 Å². The zero-order valence-corrected chi connectivity index (χ0v) is 16.1. The van der Waals surface area contributed by atoms with Gasteiger partial charge in [-0.05, 0) is 42.7 Å². The van der Waals surface area contributed by atoms with Gasteiger partial charge in [-0.3, -0.25) is 0 Å². The van der Waals surface area contributed by atoms with Crippen LogP contribution in [0.5, 0.6) is 5.75 Å². The van der Waals surface area contributed by atoms with Crippen LogP contribution in [0.2, 0.25) is 0 Å². The minimum absolute atomic E-state index is 0.383. The van der Waals surface area contributed by atoms with Crippen LogP contribution in [0.25, 0.3) is 0 Å². The molecule has 3 N–H and O–H groups in total. The highest BCUT2D eigenvalue weighted by molar-refractivity contribution is 9.10. The molecule has 0 heterocycles. The second-order valence-electron chi connectivity index (χ2n) is 5.58. The molecule has 6 heteroatoms. The summed E-state index contributed by atoms with van der Waals surface area (Å²) in [5.41, 5.74) is 8.86. The Bertz CT molecular complexity index is 717. The van der Waals surface area contributed by atoms with E-state index in [0.29, 0.717) is 35.8 Å². The Hall–Kier alpha value is -2.21. The summed E-state index contributed by atoms with van der Waals surface area (Å²) >= 11 is 3.43. The molecule has 0 unspecified atom stereocenters. The summed E-state index contributed by atoms with van der Waals surface area (Å²) in [5, 5.41) is 3.29. The zero-order valence-electron chi connectivity index (χ0n) is 14.5. The van der Waals surface area contributed by atoms with Gasteiger partial charge in [-0.25, -0.2) is 4.79 Å². The maximum absolute atomic E-state index is 12.0. The van der Waals surface area contributed by atoms with Crippen molar-refractivity contribution in [2.75, 3.05) is 31.3 Å². The van der Waals surface area contributed by atoms with Crippen molar-refractivity contribution in [3.05, 3.63) is 52.0 Å². The van der Waals surface area contributed by atoms with Crippen molar-refractivity contribution in [1.29, 1.82) is 0 Å². The summed E-state index contributed by atoms with van der Waals surface area (Å²) in [4.78, 5) is 12.0. The van der Waals surface area contributed by atoms with E-state index in [-0.39, 0.29) is 0 Å². The lowest BCUT2D eigenvalue weighted by atomic mass is 10.1. The van der Waals surface area contributed by atoms with Crippen LogP contribution in [0.1, 0.15) is 29.3 Å². The Morgan fingerprint density at radius 3 is 2.60 bits per heavy atom. The number of halogens is 1. The van der Waals surface area contributed by atoms with Gasteiger partial charge in [0, 0.05) is 11.0 Å². The van der Waals surface area contributed by atoms with Crippen molar-refractivity contribution in [2.24, 2.45) is 0 Å². The van der Waals surface area contributed by atoms with Gasteiger partial charge >= 0.3 is 5.97 Å².